The van der Waals surface area contributed by atoms with Gasteiger partial charge in [-0.05, 0) is 0 Å². The van der Waals surface area contributed by atoms with E-state index >= 15 is 0 Å². The number of quaternary nitrogens is 1. The molecule has 0 bridgehead atoms. The number of aliphatic hydroxyl groups excluding tert-OH is 1. The van der Waals surface area contributed by atoms with Gasteiger partial charge in [-0.1, -0.05) is 0 Å². The van der Waals surface area contributed by atoms with Crippen LogP contribution >= 0.6 is 0 Å². The Morgan fingerprint density at radius 1 is 1.73 bits per heavy atom. The monoisotopic (exact) mass is 154 g/mol. The molecule has 4 heteroatoms. The standard InChI is InChI=1S/C7H10N2O2/c1-8-7-3-5(10)6(11)4-9(7)2/h3-4,8-9,11H,2H2,1H3. The van der Waals surface area contributed by atoms with Gasteiger partial charge in [0.15, 0.2) is 5.82 Å². The Hall–Kier alpha value is -1.29. The summed E-state index contributed by atoms with van der Waals surface area (Å²) in [5.41, 5.74) is 0. The van der Waals surface area contributed by atoms with Crippen molar-refractivity contribution < 1.29 is 14.8 Å². The highest BCUT2D eigenvalue weighted by atomic mass is 16.3. The second kappa shape index (κ2) is 2.75. The first-order valence-corrected chi connectivity index (χ1v) is 3.19. The summed E-state index contributed by atoms with van der Waals surface area (Å²) < 4.78 is 0. The fraction of sp³-hybridized carbons (Fsp3) is 0.143. The molecule has 1 rings (SSSR count). The summed E-state index contributed by atoms with van der Waals surface area (Å²) in [5.74, 6) is 0.00329. The van der Waals surface area contributed by atoms with E-state index in [4.69, 9.17) is 5.11 Å². The quantitative estimate of drug-likeness (QED) is 0.412. The molecule has 0 fully saturated rings. The number of hydrogen-bond donors (Lipinski definition) is 3. The van der Waals surface area contributed by atoms with Gasteiger partial charge >= 0.3 is 0 Å². The summed E-state index contributed by atoms with van der Waals surface area (Å²) in [6, 6.07) is 0. The molecule has 3 N–H and O–H groups in total. The maximum absolute atomic E-state index is 10.8. The molecule has 1 heterocycles. The van der Waals surface area contributed by atoms with Gasteiger partial charge < -0.3 is 15.3 Å². The molecule has 1 aliphatic heterocycles. The van der Waals surface area contributed by atoms with Crippen LogP contribution < -0.4 is 10.2 Å². The Bertz CT molecular complexity index is 243. The maximum Gasteiger partial charge on any atom is 0.233 e. The molecule has 0 aromatic heterocycles. The van der Waals surface area contributed by atoms with Gasteiger partial charge in [0.1, 0.15) is 6.20 Å². The lowest BCUT2D eigenvalue weighted by atomic mass is 10.2. The molecule has 0 aromatic rings. The van der Waals surface area contributed by atoms with Crippen molar-refractivity contribution in [2.45, 2.75) is 0 Å². The summed E-state index contributed by atoms with van der Waals surface area (Å²) in [7, 11) is 5.33. The summed E-state index contributed by atoms with van der Waals surface area (Å²) in [5, 5.41) is 11.7. The van der Waals surface area contributed by atoms with Crippen LogP contribution in [0.15, 0.2) is 23.9 Å². The molecule has 1 aliphatic rings. The van der Waals surface area contributed by atoms with Crippen LogP contribution in [0.5, 0.6) is 0 Å². The molecule has 0 aliphatic carbocycles. The predicted molar refractivity (Wildman–Crippen MR) is 39.2 cm³/mol. The lowest BCUT2D eigenvalue weighted by Gasteiger charge is -2.20. The van der Waals surface area contributed by atoms with Gasteiger partial charge in [0, 0.05) is 7.05 Å². The van der Waals surface area contributed by atoms with Crippen LogP contribution in [0.1, 0.15) is 0 Å². The third-order valence-corrected chi connectivity index (χ3v) is 1.45. The third kappa shape index (κ3) is 1.40. The van der Waals surface area contributed by atoms with Crippen molar-refractivity contribution in [3.8, 4) is 0 Å². The fourth-order valence-electron chi connectivity index (χ4n) is 0.844. The van der Waals surface area contributed by atoms with Crippen molar-refractivity contribution in [1.82, 2.24) is 5.32 Å². The summed E-state index contributed by atoms with van der Waals surface area (Å²) in [4.78, 5) is 11.4. The number of aliphatic hydroxyl groups is 1. The van der Waals surface area contributed by atoms with Crippen molar-refractivity contribution in [3.05, 3.63) is 30.9 Å². The van der Waals surface area contributed by atoms with Crippen molar-refractivity contribution in [3.63, 3.8) is 0 Å². The highest BCUT2D eigenvalue weighted by Gasteiger charge is 2.16. The number of carbonyl (C=O) groups is 1. The lowest BCUT2D eigenvalue weighted by molar-refractivity contribution is -0.758. The van der Waals surface area contributed by atoms with E-state index in [1.807, 2.05) is 0 Å². The molecule has 1 atom stereocenters. The second-order valence-electron chi connectivity index (χ2n) is 2.23. The summed E-state index contributed by atoms with van der Waals surface area (Å²) >= 11 is 0. The Morgan fingerprint density at radius 2 is 2.36 bits per heavy atom. The average Bonchev–Trinajstić information content (AvgIpc) is 1.97. The predicted octanol–water partition coefficient (Wildman–Crippen LogP) is -1.29. The van der Waals surface area contributed by atoms with Crippen LogP contribution in [-0.2, 0) is 4.79 Å². The first kappa shape index (κ1) is 7.81. The molecule has 0 aromatic carbocycles. The third-order valence-electron chi connectivity index (χ3n) is 1.45. The number of hydrogen-bond acceptors (Lipinski definition) is 3. The van der Waals surface area contributed by atoms with Gasteiger partial charge in [0.25, 0.3) is 0 Å². The molecule has 0 radical (unpaired) electrons. The Morgan fingerprint density at radius 3 is 2.91 bits per heavy atom. The van der Waals surface area contributed by atoms with Crippen LogP contribution in [0.25, 0.3) is 0 Å². The molecule has 11 heavy (non-hydrogen) atoms. The van der Waals surface area contributed by atoms with Crippen molar-refractivity contribution in [1.29, 1.82) is 0 Å². The Labute approximate surface area is 64.8 Å². The van der Waals surface area contributed by atoms with E-state index in [1.54, 1.807) is 7.05 Å². The number of nitrogens with one attached hydrogen (secondary N) is 2. The summed E-state index contributed by atoms with van der Waals surface area (Å²) in [6.07, 6.45) is 2.66. The first-order valence-electron chi connectivity index (χ1n) is 3.19. The fourth-order valence-corrected chi connectivity index (χ4v) is 0.844. The van der Waals surface area contributed by atoms with E-state index in [-0.39, 0.29) is 11.5 Å². The highest BCUT2D eigenvalue weighted by molar-refractivity contribution is 6.02. The number of allylic oxidation sites excluding steroid dienone is 1. The van der Waals surface area contributed by atoms with E-state index in [2.05, 4.69) is 12.4 Å². The van der Waals surface area contributed by atoms with Gasteiger partial charge in [-0.15, -0.1) is 7.05 Å². The average molecular weight is 154 g/mol. The largest absolute Gasteiger partial charge is 0.501 e. The van der Waals surface area contributed by atoms with Crippen LogP contribution in [0, 0.1) is 7.05 Å². The van der Waals surface area contributed by atoms with E-state index in [0.29, 0.717) is 10.7 Å². The topological polar surface area (TPSA) is 53.8 Å². The molecule has 0 saturated heterocycles. The minimum atomic E-state index is -0.387. The molecular weight excluding hydrogens is 144 g/mol. The molecule has 60 valence electrons. The first-order chi connectivity index (χ1) is 5.15. The molecule has 0 saturated carbocycles. The van der Waals surface area contributed by atoms with E-state index in [1.165, 1.54) is 12.3 Å². The normalized spacial score (nSPS) is 24.2. The van der Waals surface area contributed by atoms with Crippen molar-refractivity contribution in [2.75, 3.05) is 7.05 Å². The zero-order chi connectivity index (χ0) is 8.43. The smallest absolute Gasteiger partial charge is 0.233 e. The Balaban J connectivity index is 2.88. The maximum atomic E-state index is 10.8. The van der Waals surface area contributed by atoms with E-state index in [0.717, 1.165) is 0 Å². The van der Waals surface area contributed by atoms with E-state index in [9.17, 15) is 4.79 Å². The van der Waals surface area contributed by atoms with Crippen molar-refractivity contribution in [2.24, 2.45) is 0 Å². The van der Waals surface area contributed by atoms with Gasteiger partial charge in [-0.25, -0.2) is 0 Å². The summed E-state index contributed by atoms with van der Waals surface area (Å²) in [6.45, 7) is 0. The molecule has 0 spiro atoms. The Kier molecular flexibility index (Phi) is 1.96. The van der Waals surface area contributed by atoms with Crippen molar-refractivity contribution >= 4 is 5.78 Å². The number of ketones is 1. The number of carbonyl (C=O) groups excluding carboxylic acids is 1. The highest BCUT2D eigenvalue weighted by Crippen LogP contribution is 1.95. The zero-order valence-electron chi connectivity index (χ0n) is 6.22. The van der Waals surface area contributed by atoms with Crippen LogP contribution in [0.3, 0.4) is 0 Å². The number of rotatable bonds is 1. The van der Waals surface area contributed by atoms with E-state index < -0.39 is 0 Å². The van der Waals surface area contributed by atoms with Gasteiger partial charge in [-0.2, -0.15) is 0 Å². The van der Waals surface area contributed by atoms with Crippen LogP contribution in [0.4, 0.5) is 0 Å². The van der Waals surface area contributed by atoms with Gasteiger partial charge in [0.2, 0.25) is 11.5 Å². The minimum Gasteiger partial charge on any atom is -0.501 e. The minimum absolute atomic E-state index is 0.256. The molecule has 0 amide bonds. The molecular formula is C7H10N2O2. The van der Waals surface area contributed by atoms with Crippen LogP contribution in [0.2, 0.25) is 0 Å². The van der Waals surface area contributed by atoms with Gasteiger partial charge in [0.05, 0.1) is 6.08 Å². The zero-order valence-corrected chi connectivity index (χ0v) is 6.22. The second-order valence-corrected chi connectivity index (χ2v) is 2.23. The SMILES string of the molecule is [CH2-][NH+]1C=C(O)C(=O)C=C1NC. The molecule has 1 unspecified atom stereocenters. The molecule has 4 nitrogen and oxygen atoms in total. The van der Waals surface area contributed by atoms with Gasteiger partial charge in [-0.3, -0.25) is 4.79 Å². The van der Waals surface area contributed by atoms with Crippen LogP contribution in [-0.4, -0.2) is 17.9 Å². The lowest BCUT2D eigenvalue weighted by Crippen LogP contribution is -3.02.